The van der Waals surface area contributed by atoms with Crippen LogP contribution in [0.15, 0.2) is 48.5 Å². The number of nitrogens with zero attached hydrogens (tertiary/aromatic N) is 1. The lowest BCUT2D eigenvalue weighted by Crippen LogP contribution is -2.34. The Morgan fingerprint density at radius 2 is 1.78 bits per heavy atom. The van der Waals surface area contributed by atoms with Crippen LogP contribution < -0.4 is 14.4 Å². The molecular formula is C19H21NO3. The number of hydrogen-bond donors (Lipinski definition) is 0. The van der Waals surface area contributed by atoms with Gasteiger partial charge in [-0.3, -0.25) is 4.79 Å². The van der Waals surface area contributed by atoms with Crippen molar-refractivity contribution in [2.24, 2.45) is 0 Å². The zero-order valence-electron chi connectivity index (χ0n) is 13.5. The molecule has 4 heteroatoms. The van der Waals surface area contributed by atoms with Gasteiger partial charge in [0.25, 0.3) is 0 Å². The highest BCUT2D eigenvalue weighted by Crippen LogP contribution is 2.35. The Bertz CT molecular complexity index is 684. The average molecular weight is 311 g/mol. The molecule has 1 heterocycles. The van der Waals surface area contributed by atoms with Gasteiger partial charge < -0.3 is 14.4 Å². The van der Waals surface area contributed by atoms with Crippen LogP contribution in [-0.4, -0.2) is 26.2 Å². The predicted molar refractivity (Wildman–Crippen MR) is 90.2 cm³/mol. The van der Waals surface area contributed by atoms with Gasteiger partial charge >= 0.3 is 0 Å². The quantitative estimate of drug-likeness (QED) is 0.849. The molecule has 1 fully saturated rings. The molecule has 1 aliphatic rings. The van der Waals surface area contributed by atoms with Gasteiger partial charge in [-0.05, 0) is 30.5 Å². The van der Waals surface area contributed by atoms with Crippen LogP contribution in [0.4, 0.5) is 5.69 Å². The van der Waals surface area contributed by atoms with E-state index < -0.39 is 0 Å². The summed E-state index contributed by atoms with van der Waals surface area (Å²) in [6.07, 6.45) is 2.33. The molecule has 4 nitrogen and oxygen atoms in total. The molecule has 1 atom stereocenters. The standard InChI is InChI=1S/C19H21NO3/c1-22-17-10-8-16(13-18(17)23-2)20-15(9-11-19(20)21)12-14-6-4-3-5-7-14/h3-8,10,13,15H,9,11-12H2,1-2H3. The van der Waals surface area contributed by atoms with E-state index in [-0.39, 0.29) is 11.9 Å². The molecule has 1 aliphatic heterocycles. The zero-order chi connectivity index (χ0) is 16.2. The largest absolute Gasteiger partial charge is 0.493 e. The first-order valence-corrected chi connectivity index (χ1v) is 7.81. The number of hydrogen-bond acceptors (Lipinski definition) is 3. The van der Waals surface area contributed by atoms with Gasteiger partial charge in [0.1, 0.15) is 0 Å². The molecular weight excluding hydrogens is 290 g/mol. The number of ether oxygens (including phenoxy) is 2. The van der Waals surface area contributed by atoms with Gasteiger partial charge in [-0.1, -0.05) is 30.3 Å². The summed E-state index contributed by atoms with van der Waals surface area (Å²) in [5, 5.41) is 0. The lowest BCUT2D eigenvalue weighted by Gasteiger charge is -2.26. The average Bonchev–Trinajstić information content (AvgIpc) is 2.95. The Hall–Kier alpha value is -2.49. The number of amides is 1. The van der Waals surface area contributed by atoms with Crippen molar-refractivity contribution in [3.05, 3.63) is 54.1 Å². The van der Waals surface area contributed by atoms with Crippen molar-refractivity contribution in [2.45, 2.75) is 25.3 Å². The molecule has 2 aromatic carbocycles. The van der Waals surface area contributed by atoms with Gasteiger partial charge in [0.2, 0.25) is 5.91 Å². The Morgan fingerprint density at radius 3 is 2.48 bits per heavy atom. The summed E-state index contributed by atoms with van der Waals surface area (Å²) >= 11 is 0. The number of carbonyl (C=O) groups excluding carboxylic acids is 1. The van der Waals surface area contributed by atoms with E-state index in [4.69, 9.17) is 9.47 Å². The number of rotatable bonds is 5. The topological polar surface area (TPSA) is 38.8 Å². The zero-order valence-corrected chi connectivity index (χ0v) is 13.5. The minimum atomic E-state index is 0.165. The molecule has 0 aliphatic carbocycles. The highest BCUT2D eigenvalue weighted by atomic mass is 16.5. The lowest BCUT2D eigenvalue weighted by molar-refractivity contribution is -0.117. The maximum absolute atomic E-state index is 12.4. The summed E-state index contributed by atoms with van der Waals surface area (Å²) in [6, 6.07) is 16.1. The van der Waals surface area contributed by atoms with Crippen LogP contribution in [0, 0.1) is 0 Å². The summed E-state index contributed by atoms with van der Waals surface area (Å²) < 4.78 is 10.6. The fourth-order valence-corrected chi connectivity index (χ4v) is 3.15. The van der Waals surface area contributed by atoms with E-state index in [9.17, 15) is 4.79 Å². The van der Waals surface area contributed by atoms with Crippen molar-refractivity contribution >= 4 is 11.6 Å². The van der Waals surface area contributed by atoms with Crippen molar-refractivity contribution in [1.82, 2.24) is 0 Å². The second-order valence-corrected chi connectivity index (χ2v) is 5.69. The van der Waals surface area contributed by atoms with Crippen LogP contribution >= 0.6 is 0 Å². The van der Waals surface area contributed by atoms with Gasteiger partial charge in [0.15, 0.2) is 11.5 Å². The van der Waals surface area contributed by atoms with Crippen molar-refractivity contribution in [1.29, 1.82) is 0 Å². The Balaban J connectivity index is 1.88. The van der Waals surface area contributed by atoms with Crippen LogP contribution in [-0.2, 0) is 11.2 Å². The second kappa shape index (κ2) is 6.73. The smallest absolute Gasteiger partial charge is 0.227 e. The van der Waals surface area contributed by atoms with Gasteiger partial charge in [-0.2, -0.15) is 0 Å². The summed E-state index contributed by atoms with van der Waals surface area (Å²) in [4.78, 5) is 14.3. The first-order chi connectivity index (χ1) is 11.2. The molecule has 0 bridgehead atoms. The van der Waals surface area contributed by atoms with Crippen molar-refractivity contribution in [2.75, 3.05) is 19.1 Å². The predicted octanol–water partition coefficient (Wildman–Crippen LogP) is 3.44. The lowest BCUT2D eigenvalue weighted by atomic mass is 10.0. The monoisotopic (exact) mass is 311 g/mol. The minimum Gasteiger partial charge on any atom is -0.493 e. The molecule has 0 N–H and O–H groups in total. The second-order valence-electron chi connectivity index (χ2n) is 5.69. The van der Waals surface area contributed by atoms with Gasteiger partial charge in [0.05, 0.1) is 14.2 Å². The SMILES string of the molecule is COc1ccc(N2C(=O)CCC2Cc2ccccc2)cc1OC. The summed E-state index contributed by atoms with van der Waals surface area (Å²) in [5.74, 6) is 1.48. The third kappa shape index (κ3) is 3.16. The Morgan fingerprint density at radius 1 is 1.04 bits per heavy atom. The van der Waals surface area contributed by atoms with Crippen LogP contribution in [0.1, 0.15) is 18.4 Å². The molecule has 1 unspecified atom stereocenters. The number of benzene rings is 2. The number of methoxy groups -OCH3 is 2. The molecule has 1 saturated heterocycles. The fraction of sp³-hybridized carbons (Fsp3) is 0.316. The van der Waals surface area contributed by atoms with E-state index in [2.05, 4.69) is 12.1 Å². The highest BCUT2D eigenvalue weighted by molar-refractivity contribution is 5.96. The van der Waals surface area contributed by atoms with Gasteiger partial charge in [0, 0.05) is 24.2 Å². The van der Waals surface area contributed by atoms with Crippen LogP contribution in [0.2, 0.25) is 0 Å². The molecule has 2 aromatic rings. The van der Waals surface area contributed by atoms with E-state index >= 15 is 0 Å². The van der Waals surface area contributed by atoms with Crippen molar-refractivity contribution < 1.29 is 14.3 Å². The maximum Gasteiger partial charge on any atom is 0.227 e. The molecule has 1 amide bonds. The number of carbonyl (C=O) groups is 1. The van der Waals surface area contributed by atoms with Crippen LogP contribution in [0.25, 0.3) is 0 Å². The highest BCUT2D eigenvalue weighted by Gasteiger charge is 2.32. The van der Waals surface area contributed by atoms with E-state index in [1.165, 1.54) is 5.56 Å². The van der Waals surface area contributed by atoms with E-state index in [1.54, 1.807) is 14.2 Å². The Labute approximate surface area is 136 Å². The van der Waals surface area contributed by atoms with Gasteiger partial charge in [-0.15, -0.1) is 0 Å². The normalized spacial score (nSPS) is 17.4. The number of anilines is 1. The first-order valence-electron chi connectivity index (χ1n) is 7.81. The van der Waals surface area contributed by atoms with Crippen LogP contribution in [0.5, 0.6) is 11.5 Å². The fourth-order valence-electron chi connectivity index (χ4n) is 3.15. The molecule has 0 spiro atoms. The third-order valence-electron chi connectivity index (χ3n) is 4.28. The minimum absolute atomic E-state index is 0.165. The Kier molecular flexibility index (Phi) is 4.51. The van der Waals surface area contributed by atoms with Crippen LogP contribution in [0.3, 0.4) is 0 Å². The maximum atomic E-state index is 12.4. The molecule has 23 heavy (non-hydrogen) atoms. The summed E-state index contributed by atoms with van der Waals surface area (Å²) in [5.41, 5.74) is 2.11. The van der Waals surface area contributed by atoms with E-state index in [1.807, 2.05) is 41.3 Å². The summed E-state index contributed by atoms with van der Waals surface area (Å²) in [6.45, 7) is 0. The molecule has 0 aromatic heterocycles. The van der Waals surface area contributed by atoms with E-state index in [0.717, 1.165) is 18.5 Å². The van der Waals surface area contributed by atoms with Crippen molar-refractivity contribution in [3.8, 4) is 11.5 Å². The molecule has 0 radical (unpaired) electrons. The first kappa shape index (κ1) is 15.4. The summed E-state index contributed by atoms with van der Waals surface area (Å²) in [7, 11) is 3.21. The molecule has 0 saturated carbocycles. The third-order valence-corrected chi connectivity index (χ3v) is 4.28. The van der Waals surface area contributed by atoms with Gasteiger partial charge in [-0.25, -0.2) is 0 Å². The molecule has 120 valence electrons. The van der Waals surface area contributed by atoms with E-state index in [0.29, 0.717) is 17.9 Å². The molecule has 3 rings (SSSR count). The van der Waals surface area contributed by atoms with Crippen molar-refractivity contribution in [3.63, 3.8) is 0 Å².